The van der Waals surface area contributed by atoms with Crippen molar-refractivity contribution in [3.63, 3.8) is 0 Å². The maximum atomic E-state index is 12.7. The number of anilines is 1. The van der Waals surface area contributed by atoms with Crippen LogP contribution in [0.15, 0.2) is 24.3 Å². The number of Topliss-reactive ketones (excluding diaryl/α,β-unsaturated/α-hetero) is 1. The fraction of sp³-hybridized carbons (Fsp3) is 0.500. The van der Waals surface area contributed by atoms with Gasteiger partial charge >= 0.3 is 0 Å². The first-order valence-electron chi connectivity index (χ1n) is 7.39. The van der Waals surface area contributed by atoms with E-state index in [-0.39, 0.29) is 23.1 Å². The third-order valence-electron chi connectivity index (χ3n) is 5.34. The monoisotopic (exact) mass is 302 g/mol. The van der Waals surface area contributed by atoms with Crippen LogP contribution in [0.2, 0.25) is 0 Å². The van der Waals surface area contributed by atoms with Crippen molar-refractivity contribution in [3.8, 4) is 0 Å². The molecule has 0 spiro atoms. The van der Waals surface area contributed by atoms with Gasteiger partial charge in [-0.05, 0) is 31.2 Å². The van der Waals surface area contributed by atoms with Crippen molar-refractivity contribution in [2.24, 2.45) is 16.7 Å². The van der Waals surface area contributed by atoms with Gasteiger partial charge in [0.25, 0.3) is 5.69 Å². The van der Waals surface area contributed by atoms with Gasteiger partial charge in [-0.15, -0.1) is 0 Å². The summed E-state index contributed by atoms with van der Waals surface area (Å²) in [7, 11) is 0. The Labute approximate surface area is 128 Å². The molecule has 0 aliphatic heterocycles. The number of ketones is 1. The highest BCUT2D eigenvalue weighted by atomic mass is 16.6. The van der Waals surface area contributed by atoms with Crippen LogP contribution in [0.3, 0.4) is 0 Å². The maximum Gasteiger partial charge on any atom is 0.292 e. The molecular formula is C16H18N2O4. The van der Waals surface area contributed by atoms with E-state index in [1.807, 2.05) is 13.8 Å². The normalized spacial score (nSPS) is 28.6. The van der Waals surface area contributed by atoms with E-state index in [4.69, 9.17) is 0 Å². The summed E-state index contributed by atoms with van der Waals surface area (Å²) < 4.78 is 0. The Kier molecular flexibility index (Phi) is 3.09. The Bertz CT molecular complexity index is 682. The van der Waals surface area contributed by atoms with Crippen molar-refractivity contribution >= 4 is 23.1 Å². The smallest absolute Gasteiger partial charge is 0.292 e. The molecule has 116 valence electrons. The van der Waals surface area contributed by atoms with E-state index in [0.717, 1.165) is 6.42 Å². The molecule has 1 amide bonds. The summed E-state index contributed by atoms with van der Waals surface area (Å²) in [5.74, 6) is -0.219. The number of hydrogen-bond acceptors (Lipinski definition) is 4. The summed E-state index contributed by atoms with van der Waals surface area (Å²) >= 11 is 0. The predicted molar refractivity (Wildman–Crippen MR) is 80.3 cm³/mol. The molecule has 1 aromatic carbocycles. The van der Waals surface area contributed by atoms with Gasteiger partial charge in [-0.25, -0.2) is 0 Å². The van der Waals surface area contributed by atoms with E-state index in [2.05, 4.69) is 5.32 Å². The minimum atomic E-state index is -1.02. The molecule has 2 fully saturated rings. The number of carbonyl (C=O) groups excluding carboxylic acids is 2. The summed E-state index contributed by atoms with van der Waals surface area (Å²) in [5.41, 5.74) is -1.52. The molecule has 2 unspecified atom stereocenters. The van der Waals surface area contributed by atoms with E-state index in [1.165, 1.54) is 12.1 Å². The van der Waals surface area contributed by atoms with E-state index in [1.54, 1.807) is 12.1 Å². The van der Waals surface area contributed by atoms with Crippen molar-refractivity contribution < 1.29 is 14.5 Å². The lowest BCUT2D eigenvalue weighted by molar-refractivity contribution is -0.383. The first kappa shape index (κ1) is 14.7. The topological polar surface area (TPSA) is 89.3 Å². The van der Waals surface area contributed by atoms with Gasteiger partial charge < -0.3 is 5.32 Å². The fourth-order valence-corrected chi connectivity index (χ4v) is 3.96. The first-order valence-corrected chi connectivity index (χ1v) is 7.39. The van der Waals surface area contributed by atoms with Crippen LogP contribution in [-0.4, -0.2) is 16.6 Å². The highest BCUT2D eigenvalue weighted by Gasteiger charge is 2.65. The number of carbonyl (C=O) groups is 2. The quantitative estimate of drug-likeness (QED) is 0.528. The number of para-hydroxylation sites is 2. The van der Waals surface area contributed by atoms with Gasteiger partial charge in [0, 0.05) is 11.5 Å². The third kappa shape index (κ3) is 1.86. The van der Waals surface area contributed by atoms with Crippen LogP contribution in [-0.2, 0) is 9.59 Å². The Balaban J connectivity index is 1.91. The van der Waals surface area contributed by atoms with E-state index in [0.29, 0.717) is 12.8 Å². The first-order chi connectivity index (χ1) is 10.3. The lowest BCUT2D eigenvalue weighted by Crippen LogP contribution is -2.44. The van der Waals surface area contributed by atoms with E-state index in [9.17, 15) is 19.7 Å². The van der Waals surface area contributed by atoms with Gasteiger partial charge in [-0.1, -0.05) is 26.0 Å². The molecule has 2 atom stereocenters. The lowest BCUT2D eigenvalue weighted by atomic mass is 9.70. The van der Waals surface area contributed by atoms with Crippen LogP contribution in [0.4, 0.5) is 11.4 Å². The zero-order chi connectivity index (χ0) is 16.1. The average Bonchev–Trinajstić information content (AvgIpc) is 2.99. The number of fused-ring (bicyclic) bond motifs is 2. The second-order valence-corrected chi connectivity index (χ2v) is 6.80. The van der Waals surface area contributed by atoms with Gasteiger partial charge in [0.15, 0.2) is 5.78 Å². The molecule has 0 aromatic heterocycles. The summed E-state index contributed by atoms with van der Waals surface area (Å²) in [6.45, 7) is 3.78. The zero-order valence-electron chi connectivity index (χ0n) is 12.6. The highest BCUT2D eigenvalue weighted by molar-refractivity contribution is 6.15. The molecular weight excluding hydrogens is 284 g/mol. The molecule has 3 rings (SSSR count). The number of rotatable bonds is 3. The molecule has 2 aliphatic rings. The predicted octanol–water partition coefficient (Wildman–Crippen LogP) is 2.93. The maximum absolute atomic E-state index is 12.7. The zero-order valence-corrected chi connectivity index (χ0v) is 12.6. The minimum Gasteiger partial charge on any atom is -0.319 e. The summed E-state index contributed by atoms with van der Waals surface area (Å²) in [4.78, 5) is 35.9. The Hall–Kier alpha value is -2.24. The number of nitrogens with one attached hydrogen (secondary N) is 1. The second-order valence-electron chi connectivity index (χ2n) is 6.80. The SMILES string of the molecule is CC1(C)C(=O)C2(C(=O)Nc3ccccc3[N+](=O)[O-])CCC1C2. The number of hydrogen-bond donors (Lipinski definition) is 1. The molecule has 22 heavy (non-hydrogen) atoms. The van der Waals surface area contributed by atoms with Crippen LogP contribution in [0.1, 0.15) is 33.1 Å². The van der Waals surface area contributed by atoms with Crippen LogP contribution in [0, 0.1) is 26.9 Å². The van der Waals surface area contributed by atoms with E-state index >= 15 is 0 Å². The number of nitro groups is 1. The van der Waals surface area contributed by atoms with Gasteiger partial charge in [-0.3, -0.25) is 19.7 Å². The van der Waals surface area contributed by atoms with Crippen molar-refractivity contribution in [1.29, 1.82) is 0 Å². The molecule has 1 N–H and O–H groups in total. The number of nitro benzene ring substituents is 1. The number of benzene rings is 1. The van der Waals surface area contributed by atoms with Crippen molar-refractivity contribution in [2.45, 2.75) is 33.1 Å². The van der Waals surface area contributed by atoms with Gasteiger partial charge in [0.1, 0.15) is 11.1 Å². The molecule has 2 aliphatic carbocycles. The second kappa shape index (κ2) is 4.63. The highest BCUT2D eigenvalue weighted by Crippen LogP contribution is 2.60. The van der Waals surface area contributed by atoms with Crippen LogP contribution in [0.5, 0.6) is 0 Å². The van der Waals surface area contributed by atoms with Gasteiger partial charge in [-0.2, -0.15) is 0 Å². The van der Waals surface area contributed by atoms with Gasteiger partial charge in [0.2, 0.25) is 5.91 Å². The van der Waals surface area contributed by atoms with Gasteiger partial charge in [0.05, 0.1) is 4.92 Å². The summed E-state index contributed by atoms with van der Waals surface area (Å²) in [6, 6.07) is 5.99. The summed E-state index contributed by atoms with van der Waals surface area (Å²) in [5, 5.41) is 13.7. The minimum absolute atomic E-state index is 0.0349. The molecule has 2 bridgehead atoms. The number of nitrogens with zero attached hydrogens (tertiary/aromatic N) is 1. The summed E-state index contributed by atoms with van der Waals surface area (Å²) in [6.07, 6.45) is 1.93. The molecule has 0 radical (unpaired) electrons. The Morgan fingerprint density at radius 2 is 2.05 bits per heavy atom. The fourth-order valence-electron chi connectivity index (χ4n) is 3.96. The van der Waals surface area contributed by atoms with Crippen LogP contribution in [0.25, 0.3) is 0 Å². The van der Waals surface area contributed by atoms with Crippen LogP contribution < -0.4 is 5.32 Å². The van der Waals surface area contributed by atoms with Crippen molar-refractivity contribution in [2.75, 3.05) is 5.32 Å². The molecule has 0 saturated heterocycles. The van der Waals surface area contributed by atoms with Crippen molar-refractivity contribution in [1.82, 2.24) is 0 Å². The average molecular weight is 302 g/mol. The molecule has 1 aromatic rings. The Morgan fingerprint density at radius 1 is 1.36 bits per heavy atom. The lowest BCUT2D eigenvalue weighted by Gasteiger charge is -2.32. The molecule has 0 heterocycles. The standard InChI is InChI=1S/C16H18N2O4/c1-15(2)10-7-8-16(9-10,13(15)19)14(20)17-11-5-3-4-6-12(11)18(21)22/h3-6,10H,7-9H2,1-2H3,(H,17,20). The number of amides is 1. The van der Waals surface area contributed by atoms with Crippen LogP contribution >= 0.6 is 0 Å². The Morgan fingerprint density at radius 3 is 2.64 bits per heavy atom. The molecule has 2 saturated carbocycles. The largest absolute Gasteiger partial charge is 0.319 e. The van der Waals surface area contributed by atoms with E-state index < -0.39 is 21.7 Å². The third-order valence-corrected chi connectivity index (χ3v) is 5.34. The molecule has 6 heteroatoms. The van der Waals surface area contributed by atoms with Crippen molar-refractivity contribution in [3.05, 3.63) is 34.4 Å². The molecule has 6 nitrogen and oxygen atoms in total.